The molecule has 2 aromatic rings. The van der Waals surface area contributed by atoms with E-state index in [1.165, 1.54) is 17.3 Å². The van der Waals surface area contributed by atoms with Crippen LogP contribution in [-0.4, -0.2) is 26.3 Å². The minimum absolute atomic E-state index is 0.0408. The minimum Gasteiger partial charge on any atom is -0.325 e. The van der Waals surface area contributed by atoms with Crippen molar-refractivity contribution < 1.29 is 4.79 Å². The van der Waals surface area contributed by atoms with E-state index in [1.54, 1.807) is 0 Å². The van der Waals surface area contributed by atoms with Crippen molar-refractivity contribution in [3.05, 3.63) is 34.6 Å². The van der Waals surface area contributed by atoms with Crippen molar-refractivity contribution in [2.45, 2.75) is 57.9 Å². The van der Waals surface area contributed by atoms with Crippen LogP contribution in [0.25, 0.3) is 0 Å². The van der Waals surface area contributed by atoms with E-state index in [9.17, 15) is 4.79 Å². The number of hydrogen-bond donors (Lipinski definition) is 2. The summed E-state index contributed by atoms with van der Waals surface area (Å²) in [7, 11) is 0. The first-order valence-corrected chi connectivity index (χ1v) is 8.63. The molecule has 124 valence electrons. The highest BCUT2D eigenvalue weighted by Gasteiger charge is 2.19. The maximum Gasteiger partial charge on any atom is 0.237 e. The average molecular weight is 332 g/mol. The van der Waals surface area contributed by atoms with Gasteiger partial charge >= 0.3 is 0 Å². The van der Waals surface area contributed by atoms with E-state index in [0.717, 1.165) is 22.6 Å². The quantitative estimate of drug-likeness (QED) is 0.813. The molecule has 0 aliphatic carbocycles. The summed E-state index contributed by atoms with van der Waals surface area (Å²) in [5.74, 6) is 1.09. The summed E-state index contributed by atoms with van der Waals surface area (Å²) in [5.41, 5.74) is 4.24. The summed E-state index contributed by atoms with van der Waals surface area (Å²) < 4.78 is 0. The number of rotatable bonds is 5. The van der Waals surface area contributed by atoms with Crippen LogP contribution < -0.4 is 5.32 Å². The summed E-state index contributed by atoms with van der Waals surface area (Å²) in [6, 6.07) is 4.15. The SMILES string of the molecule is Cc1cc(C)c(NC(=O)C(C)Sc2n[nH]c(C(C)C)n2)c(C)c1. The fraction of sp³-hybridized carbons (Fsp3) is 0.471. The van der Waals surface area contributed by atoms with Crippen LogP contribution in [0.15, 0.2) is 17.3 Å². The highest BCUT2D eigenvalue weighted by atomic mass is 32.2. The number of carbonyl (C=O) groups is 1. The normalized spacial score (nSPS) is 12.5. The number of benzene rings is 1. The van der Waals surface area contributed by atoms with Gasteiger partial charge in [-0.1, -0.05) is 43.3 Å². The zero-order chi connectivity index (χ0) is 17.1. The Labute approximate surface area is 141 Å². The van der Waals surface area contributed by atoms with Gasteiger partial charge in [0.25, 0.3) is 0 Å². The maximum absolute atomic E-state index is 12.4. The van der Waals surface area contributed by atoms with Gasteiger partial charge in [-0.05, 0) is 38.8 Å². The molecule has 23 heavy (non-hydrogen) atoms. The van der Waals surface area contributed by atoms with Crippen LogP contribution in [0.5, 0.6) is 0 Å². The van der Waals surface area contributed by atoms with Gasteiger partial charge in [0, 0.05) is 11.6 Å². The molecule has 0 spiro atoms. The van der Waals surface area contributed by atoms with Crippen molar-refractivity contribution in [2.75, 3.05) is 5.32 Å². The Hall–Kier alpha value is -1.82. The lowest BCUT2D eigenvalue weighted by atomic mass is 10.1. The van der Waals surface area contributed by atoms with E-state index in [0.29, 0.717) is 11.1 Å². The lowest BCUT2D eigenvalue weighted by molar-refractivity contribution is -0.115. The van der Waals surface area contributed by atoms with Crippen molar-refractivity contribution in [2.24, 2.45) is 0 Å². The number of nitrogens with zero attached hydrogens (tertiary/aromatic N) is 2. The Balaban J connectivity index is 2.05. The highest BCUT2D eigenvalue weighted by molar-refractivity contribution is 8.00. The van der Waals surface area contributed by atoms with Gasteiger partial charge in [0.2, 0.25) is 11.1 Å². The van der Waals surface area contributed by atoms with Gasteiger partial charge in [-0.25, -0.2) is 4.98 Å². The van der Waals surface area contributed by atoms with E-state index in [1.807, 2.05) is 34.6 Å². The average Bonchev–Trinajstić information content (AvgIpc) is 2.91. The van der Waals surface area contributed by atoms with Gasteiger partial charge < -0.3 is 5.32 Å². The Bertz CT molecular complexity index is 685. The van der Waals surface area contributed by atoms with E-state index >= 15 is 0 Å². The molecule has 1 aromatic heterocycles. The molecule has 0 bridgehead atoms. The highest BCUT2D eigenvalue weighted by Crippen LogP contribution is 2.25. The van der Waals surface area contributed by atoms with Gasteiger partial charge in [0.15, 0.2) is 0 Å². The molecule has 1 atom stereocenters. The molecule has 1 amide bonds. The third kappa shape index (κ3) is 4.34. The monoisotopic (exact) mass is 332 g/mol. The van der Waals surface area contributed by atoms with Gasteiger partial charge in [0.1, 0.15) is 5.82 Å². The number of hydrogen-bond acceptors (Lipinski definition) is 4. The predicted octanol–water partition coefficient (Wildman–Crippen LogP) is 3.97. The molecule has 0 saturated heterocycles. The molecule has 1 unspecified atom stereocenters. The fourth-order valence-corrected chi connectivity index (χ4v) is 3.11. The molecule has 0 radical (unpaired) electrons. The molecule has 2 N–H and O–H groups in total. The lowest BCUT2D eigenvalue weighted by Crippen LogP contribution is -2.23. The number of aromatic nitrogens is 3. The molecular formula is C17H24N4OS. The Kier molecular flexibility index (Phi) is 5.46. The summed E-state index contributed by atoms with van der Waals surface area (Å²) in [4.78, 5) is 16.9. The second-order valence-electron chi connectivity index (χ2n) is 6.18. The number of amides is 1. The van der Waals surface area contributed by atoms with Crippen molar-refractivity contribution >= 4 is 23.4 Å². The molecule has 0 fully saturated rings. The summed E-state index contributed by atoms with van der Waals surface area (Å²) in [6.07, 6.45) is 0. The number of carbonyl (C=O) groups excluding carboxylic acids is 1. The third-order valence-corrected chi connectivity index (χ3v) is 4.57. The van der Waals surface area contributed by atoms with Gasteiger partial charge in [0.05, 0.1) is 5.25 Å². The topological polar surface area (TPSA) is 70.7 Å². The Morgan fingerprint density at radius 3 is 2.30 bits per heavy atom. The summed E-state index contributed by atoms with van der Waals surface area (Å²) >= 11 is 1.36. The second-order valence-corrected chi connectivity index (χ2v) is 7.49. The molecule has 5 nitrogen and oxygen atoms in total. The van der Waals surface area contributed by atoms with Crippen molar-refractivity contribution in [3.63, 3.8) is 0 Å². The first kappa shape index (κ1) is 17.5. The standard InChI is InChI=1S/C17H24N4OS/c1-9(2)15-19-17(21-20-15)23-13(6)16(22)18-14-11(4)7-10(3)8-12(14)5/h7-9,13H,1-6H3,(H,18,22)(H,19,20,21). The lowest BCUT2D eigenvalue weighted by Gasteiger charge is -2.15. The second kappa shape index (κ2) is 7.17. The molecule has 0 aliphatic heterocycles. The zero-order valence-electron chi connectivity index (χ0n) is 14.5. The van der Waals surface area contributed by atoms with E-state index in [2.05, 4.69) is 39.6 Å². The van der Waals surface area contributed by atoms with Crippen LogP contribution in [0, 0.1) is 20.8 Å². The van der Waals surface area contributed by atoms with Crippen LogP contribution in [0.3, 0.4) is 0 Å². The van der Waals surface area contributed by atoms with Crippen LogP contribution in [0.1, 0.15) is 49.2 Å². The molecule has 1 aromatic carbocycles. The third-order valence-electron chi connectivity index (χ3n) is 3.61. The molecule has 1 heterocycles. The summed E-state index contributed by atoms with van der Waals surface area (Å²) in [5, 5.41) is 10.4. The number of aromatic amines is 1. The van der Waals surface area contributed by atoms with Crippen LogP contribution in [0.4, 0.5) is 5.69 Å². The molecule has 0 aliphatic rings. The van der Waals surface area contributed by atoms with Gasteiger partial charge in [-0.15, -0.1) is 5.10 Å². The molecule has 6 heteroatoms. The largest absolute Gasteiger partial charge is 0.325 e. The minimum atomic E-state index is -0.272. The zero-order valence-corrected chi connectivity index (χ0v) is 15.3. The summed E-state index contributed by atoms with van der Waals surface area (Å²) in [6.45, 7) is 12.0. The predicted molar refractivity (Wildman–Crippen MR) is 95.1 cm³/mol. The van der Waals surface area contributed by atoms with Crippen LogP contribution in [-0.2, 0) is 4.79 Å². The molecule has 0 saturated carbocycles. The number of thioether (sulfide) groups is 1. The Morgan fingerprint density at radius 2 is 1.78 bits per heavy atom. The number of nitrogens with one attached hydrogen (secondary N) is 2. The van der Waals surface area contributed by atoms with Gasteiger partial charge in [-0.3, -0.25) is 9.89 Å². The van der Waals surface area contributed by atoms with E-state index in [4.69, 9.17) is 0 Å². The van der Waals surface area contributed by atoms with Crippen molar-refractivity contribution in [3.8, 4) is 0 Å². The van der Waals surface area contributed by atoms with Crippen LogP contribution >= 0.6 is 11.8 Å². The molecular weight excluding hydrogens is 308 g/mol. The first-order valence-electron chi connectivity index (χ1n) is 7.75. The van der Waals surface area contributed by atoms with E-state index in [-0.39, 0.29) is 11.2 Å². The number of anilines is 1. The fourth-order valence-electron chi connectivity index (χ4n) is 2.38. The van der Waals surface area contributed by atoms with Crippen LogP contribution in [0.2, 0.25) is 0 Å². The molecule has 2 rings (SSSR count). The smallest absolute Gasteiger partial charge is 0.237 e. The maximum atomic E-state index is 12.4. The van der Waals surface area contributed by atoms with Gasteiger partial charge in [-0.2, -0.15) is 0 Å². The van der Waals surface area contributed by atoms with E-state index < -0.39 is 0 Å². The first-order chi connectivity index (χ1) is 10.8. The number of aryl methyl sites for hydroxylation is 3. The van der Waals surface area contributed by atoms with Crippen molar-refractivity contribution in [1.82, 2.24) is 15.2 Å². The van der Waals surface area contributed by atoms with Crippen molar-refractivity contribution in [1.29, 1.82) is 0 Å². The Morgan fingerprint density at radius 1 is 1.17 bits per heavy atom. The number of H-pyrrole nitrogens is 1.